The predicted molar refractivity (Wildman–Crippen MR) is 98.5 cm³/mol. The first-order valence-corrected chi connectivity index (χ1v) is 8.34. The van der Waals surface area contributed by atoms with Crippen molar-refractivity contribution in [1.29, 1.82) is 0 Å². The summed E-state index contributed by atoms with van der Waals surface area (Å²) < 4.78 is 7.28. The van der Waals surface area contributed by atoms with Crippen molar-refractivity contribution in [3.63, 3.8) is 0 Å². The highest BCUT2D eigenvalue weighted by molar-refractivity contribution is 5.87. The Kier molecular flexibility index (Phi) is 3.68. The molecule has 0 saturated heterocycles. The van der Waals surface area contributed by atoms with Gasteiger partial charge in [-0.15, -0.1) is 0 Å². The van der Waals surface area contributed by atoms with Gasteiger partial charge in [-0.25, -0.2) is 9.67 Å². The van der Waals surface area contributed by atoms with Crippen molar-refractivity contribution in [1.82, 2.24) is 19.7 Å². The van der Waals surface area contributed by atoms with Gasteiger partial charge < -0.3 is 4.42 Å². The Bertz CT molecular complexity index is 1050. The fourth-order valence-electron chi connectivity index (χ4n) is 2.69. The maximum Gasteiger partial charge on any atom is 0.252 e. The SMILES string of the molecule is CC(C)(C)C(=O)n1cc(-c2nc3ccccc3o2)c(-c2ccncc2)n1. The Morgan fingerprint density at radius 1 is 1.08 bits per heavy atom. The van der Waals surface area contributed by atoms with Gasteiger partial charge in [0.2, 0.25) is 5.89 Å². The normalized spacial score (nSPS) is 11.8. The molecule has 4 rings (SSSR count). The molecule has 26 heavy (non-hydrogen) atoms. The molecule has 0 amide bonds. The zero-order valence-corrected chi connectivity index (χ0v) is 14.8. The van der Waals surface area contributed by atoms with E-state index in [-0.39, 0.29) is 5.91 Å². The molecular weight excluding hydrogens is 328 g/mol. The number of hydrogen-bond acceptors (Lipinski definition) is 5. The number of para-hydroxylation sites is 2. The monoisotopic (exact) mass is 346 g/mol. The summed E-state index contributed by atoms with van der Waals surface area (Å²) in [6, 6.07) is 11.3. The fourth-order valence-corrected chi connectivity index (χ4v) is 2.69. The molecular formula is C20H18N4O2. The first-order chi connectivity index (χ1) is 12.4. The molecule has 0 aliphatic rings. The highest BCUT2D eigenvalue weighted by atomic mass is 16.3. The van der Waals surface area contributed by atoms with Crippen molar-refractivity contribution < 1.29 is 9.21 Å². The molecule has 0 unspecified atom stereocenters. The van der Waals surface area contributed by atoms with Gasteiger partial charge in [-0.2, -0.15) is 5.10 Å². The Balaban J connectivity index is 1.92. The molecule has 3 heterocycles. The predicted octanol–water partition coefficient (Wildman–Crippen LogP) is 4.44. The zero-order valence-electron chi connectivity index (χ0n) is 14.8. The van der Waals surface area contributed by atoms with Crippen LogP contribution in [0, 0.1) is 5.41 Å². The van der Waals surface area contributed by atoms with Crippen LogP contribution in [0.1, 0.15) is 25.6 Å². The van der Waals surface area contributed by atoms with Crippen molar-refractivity contribution in [2.75, 3.05) is 0 Å². The van der Waals surface area contributed by atoms with Gasteiger partial charge in [0.1, 0.15) is 11.2 Å². The van der Waals surface area contributed by atoms with Gasteiger partial charge in [0, 0.05) is 29.6 Å². The van der Waals surface area contributed by atoms with Crippen LogP contribution in [0.25, 0.3) is 33.8 Å². The van der Waals surface area contributed by atoms with Gasteiger partial charge in [0.25, 0.3) is 5.91 Å². The molecule has 0 radical (unpaired) electrons. The van der Waals surface area contributed by atoms with Gasteiger partial charge in [-0.05, 0) is 24.3 Å². The smallest absolute Gasteiger partial charge is 0.252 e. The molecule has 0 N–H and O–H groups in total. The third kappa shape index (κ3) is 2.79. The second-order valence-corrected chi connectivity index (χ2v) is 7.11. The average Bonchev–Trinajstić information content (AvgIpc) is 3.25. The van der Waals surface area contributed by atoms with Crippen LogP contribution in [0.2, 0.25) is 0 Å². The molecule has 6 heteroatoms. The molecule has 130 valence electrons. The van der Waals surface area contributed by atoms with E-state index in [9.17, 15) is 4.79 Å². The highest BCUT2D eigenvalue weighted by Crippen LogP contribution is 2.33. The number of carbonyl (C=O) groups excluding carboxylic acids is 1. The van der Waals surface area contributed by atoms with E-state index in [4.69, 9.17) is 4.42 Å². The number of fused-ring (bicyclic) bond motifs is 1. The Morgan fingerprint density at radius 2 is 1.81 bits per heavy atom. The summed E-state index contributed by atoms with van der Waals surface area (Å²) >= 11 is 0. The van der Waals surface area contributed by atoms with E-state index in [1.54, 1.807) is 18.6 Å². The number of carbonyl (C=O) groups is 1. The quantitative estimate of drug-likeness (QED) is 0.536. The molecule has 0 atom stereocenters. The van der Waals surface area contributed by atoms with Gasteiger partial charge in [-0.1, -0.05) is 32.9 Å². The summed E-state index contributed by atoms with van der Waals surface area (Å²) in [4.78, 5) is 21.3. The number of pyridine rings is 1. The van der Waals surface area contributed by atoms with Crippen LogP contribution in [0.5, 0.6) is 0 Å². The molecule has 4 aromatic rings. The molecule has 0 aliphatic heterocycles. The lowest BCUT2D eigenvalue weighted by Gasteiger charge is -2.15. The second-order valence-electron chi connectivity index (χ2n) is 7.11. The van der Waals surface area contributed by atoms with Crippen LogP contribution in [0.4, 0.5) is 0 Å². The van der Waals surface area contributed by atoms with Crippen LogP contribution in [-0.2, 0) is 0 Å². The lowest BCUT2D eigenvalue weighted by atomic mass is 9.96. The van der Waals surface area contributed by atoms with E-state index in [0.29, 0.717) is 22.7 Å². The lowest BCUT2D eigenvalue weighted by Crippen LogP contribution is -2.27. The molecule has 0 saturated carbocycles. The van der Waals surface area contributed by atoms with Crippen LogP contribution < -0.4 is 0 Å². The number of hydrogen-bond donors (Lipinski definition) is 0. The summed E-state index contributed by atoms with van der Waals surface area (Å²) in [6.45, 7) is 5.59. The minimum absolute atomic E-state index is 0.102. The summed E-state index contributed by atoms with van der Waals surface area (Å²) in [5.41, 5.74) is 3.05. The molecule has 0 spiro atoms. The zero-order chi connectivity index (χ0) is 18.3. The standard InChI is InChI=1S/C20H18N4O2/c1-20(2,3)19(25)24-12-14(17(23-24)13-8-10-21-11-9-13)18-22-15-6-4-5-7-16(15)26-18/h4-12H,1-3H3. The van der Waals surface area contributed by atoms with Crippen molar-refractivity contribution in [3.05, 3.63) is 55.0 Å². The summed E-state index contributed by atoms with van der Waals surface area (Å²) in [5.74, 6) is 0.334. The number of nitrogens with zero attached hydrogens (tertiary/aromatic N) is 4. The van der Waals surface area contributed by atoms with E-state index in [2.05, 4.69) is 15.1 Å². The Hall–Kier alpha value is -3.28. The van der Waals surface area contributed by atoms with Gasteiger partial charge in [0.15, 0.2) is 5.58 Å². The summed E-state index contributed by atoms with van der Waals surface area (Å²) in [5, 5.41) is 4.53. The van der Waals surface area contributed by atoms with E-state index < -0.39 is 5.41 Å². The lowest BCUT2D eigenvalue weighted by molar-refractivity contribution is 0.0749. The fraction of sp³-hybridized carbons (Fsp3) is 0.200. The van der Waals surface area contributed by atoms with E-state index in [0.717, 1.165) is 11.1 Å². The van der Waals surface area contributed by atoms with Crippen LogP contribution in [-0.4, -0.2) is 25.7 Å². The van der Waals surface area contributed by atoms with Gasteiger partial charge in [0.05, 0.1) is 5.56 Å². The molecule has 6 nitrogen and oxygen atoms in total. The average molecular weight is 346 g/mol. The minimum Gasteiger partial charge on any atom is -0.436 e. The van der Waals surface area contributed by atoms with Gasteiger partial charge >= 0.3 is 0 Å². The Morgan fingerprint density at radius 3 is 2.50 bits per heavy atom. The number of aromatic nitrogens is 4. The summed E-state index contributed by atoms with van der Waals surface area (Å²) in [7, 11) is 0. The van der Waals surface area contributed by atoms with Crippen molar-refractivity contribution in [2.45, 2.75) is 20.8 Å². The van der Waals surface area contributed by atoms with Crippen molar-refractivity contribution >= 4 is 17.0 Å². The third-order valence-corrected chi connectivity index (χ3v) is 4.04. The maximum absolute atomic E-state index is 12.7. The molecule has 0 aliphatic carbocycles. The van der Waals surface area contributed by atoms with Crippen molar-refractivity contribution in [2.24, 2.45) is 5.41 Å². The molecule has 1 aromatic carbocycles. The number of oxazole rings is 1. The van der Waals surface area contributed by atoms with E-state index in [1.807, 2.05) is 57.2 Å². The third-order valence-electron chi connectivity index (χ3n) is 4.04. The topological polar surface area (TPSA) is 73.8 Å². The Labute approximate surface area is 150 Å². The van der Waals surface area contributed by atoms with Crippen LogP contribution >= 0.6 is 0 Å². The summed E-state index contributed by atoms with van der Waals surface area (Å²) in [6.07, 6.45) is 5.07. The minimum atomic E-state index is -0.555. The largest absolute Gasteiger partial charge is 0.436 e. The molecule has 0 fully saturated rings. The molecule has 0 bridgehead atoms. The first kappa shape index (κ1) is 16.2. The highest BCUT2D eigenvalue weighted by Gasteiger charge is 2.27. The maximum atomic E-state index is 12.7. The number of benzene rings is 1. The first-order valence-electron chi connectivity index (χ1n) is 8.34. The van der Waals surface area contributed by atoms with E-state index >= 15 is 0 Å². The number of rotatable bonds is 2. The van der Waals surface area contributed by atoms with Crippen molar-refractivity contribution in [3.8, 4) is 22.7 Å². The van der Waals surface area contributed by atoms with Gasteiger partial charge in [-0.3, -0.25) is 9.78 Å². The second kappa shape index (κ2) is 5.91. The van der Waals surface area contributed by atoms with Crippen LogP contribution in [0.15, 0.2) is 59.4 Å². The van der Waals surface area contributed by atoms with E-state index in [1.165, 1.54) is 4.68 Å². The van der Waals surface area contributed by atoms with Crippen LogP contribution in [0.3, 0.4) is 0 Å². The molecule has 3 aromatic heterocycles.